The van der Waals surface area contributed by atoms with E-state index in [0.717, 1.165) is 11.8 Å². The Labute approximate surface area is 68.4 Å². The topological polar surface area (TPSA) is 26.0 Å². The molecule has 60 valence electrons. The molecule has 0 aromatic rings. The molecule has 4 unspecified atom stereocenters. The van der Waals surface area contributed by atoms with Crippen molar-refractivity contribution in [1.29, 1.82) is 0 Å². The van der Waals surface area contributed by atoms with Crippen molar-refractivity contribution in [2.24, 2.45) is 23.5 Å². The van der Waals surface area contributed by atoms with Gasteiger partial charge in [-0.15, -0.1) is 12.3 Å². The molecule has 0 aromatic heterocycles. The monoisotopic (exact) mass is 149 g/mol. The number of nitrogens with two attached hydrogens (primary N) is 1. The van der Waals surface area contributed by atoms with Crippen molar-refractivity contribution in [3.05, 3.63) is 0 Å². The molecule has 2 rings (SSSR count). The molecule has 0 amide bonds. The van der Waals surface area contributed by atoms with Gasteiger partial charge in [0.15, 0.2) is 0 Å². The summed E-state index contributed by atoms with van der Waals surface area (Å²) in [7, 11) is 0. The van der Waals surface area contributed by atoms with Gasteiger partial charge in [0.05, 0.1) is 0 Å². The van der Waals surface area contributed by atoms with E-state index >= 15 is 0 Å². The van der Waals surface area contributed by atoms with Crippen LogP contribution in [0.5, 0.6) is 0 Å². The summed E-state index contributed by atoms with van der Waals surface area (Å²) in [5, 5.41) is 0. The maximum atomic E-state index is 5.87. The Balaban J connectivity index is 1.97. The van der Waals surface area contributed by atoms with E-state index in [4.69, 9.17) is 12.2 Å². The van der Waals surface area contributed by atoms with E-state index in [1.54, 1.807) is 0 Å². The summed E-state index contributed by atoms with van der Waals surface area (Å²) in [6, 6.07) is 0.437. The molecule has 1 heteroatoms. The molecular weight excluding hydrogens is 134 g/mol. The third kappa shape index (κ3) is 1.06. The zero-order valence-corrected chi connectivity index (χ0v) is 6.79. The molecule has 0 bridgehead atoms. The van der Waals surface area contributed by atoms with Crippen LogP contribution in [-0.4, -0.2) is 6.04 Å². The van der Waals surface area contributed by atoms with Gasteiger partial charge in [-0.05, 0) is 37.5 Å². The normalized spacial score (nSPS) is 48.7. The van der Waals surface area contributed by atoms with Crippen molar-refractivity contribution in [2.45, 2.75) is 31.7 Å². The number of hydrogen-bond acceptors (Lipinski definition) is 1. The van der Waals surface area contributed by atoms with Gasteiger partial charge in [0.2, 0.25) is 0 Å². The first-order valence-corrected chi connectivity index (χ1v) is 4.53. The zero-order valence-electron chi connectivity index (χ0n) is 6.79. The van der Waals surface area contributed by atoms with Crippen molar-refractivity contribution in [3.8, 4) is 12.3 Å². The molecule has 1 nitrogen and oxygen atoms in total. The molecule has 0 saturated heterocycles. The molecule has 0 aromatic carbocycles. The fourth-order valence-corrected chi connectivity index (χ4v) is 2.58. The van der Waals surface area contributed by atoms with Gasteiger partial charge in [-0.3, -0.25) is 0 Å². The van der Waals surface area contributed by atoms with Crippen LogP contribution < -0.4 is 5.73 Å². The largest absolute Gasteiger partial charge is 0.328 e. The van der Waals surface area contributed by atoms with Crippen molar-refractivity contribution in [3.63, 3.8) is 0 Å². The standard InChI is InChI=1S/C10H15N/c1-2-7-5-8-3-4-9(11)6-10(7)8/h1,7-10H,3-6,11H2. The molecule has 2 aliphatic rings. The number of fused-ring (bicyclic) bond motifs is 1. The summed E-state index contributed by atoms with van der Waals surface area (Å²) in [4.78, 5) is 0. The molecule has 4 atom stereocenters. The van der Waals surface area contributed by atoms with E-state index < -0.39 is 0 Å². The fourth-order valence-electron chi connectivity index (χ4n) is 2.58. The highest BCUT2D eigenvalue weighted by atomic mass is 14.7. The Hall–Kier alpha value is -0.480. The van der Waals surface area contributed by atoms with E-state index in [9.17, 15) is 0 Å². The van der Waals surface area contributed by atoms with Gasteiger partial charge in [0.25, 0.3) is 0 Å². The Bertz CT molecular complexity index is 192. The molecule has 0 radical (unpaired) electrons. The molecular formula is C10H15N. The number of terminal acetylenes is 1. The minimum Gasteiger partial charge on any atom is -0.328 e. The van der Waals surface area contributed by atoms with Gasteiger partial charge >= 0.3 is 0 Å². The highest BCUT2D eigenvalue weighted by molar-refractivity contribution is 5.07. The Morgan fingerprint density at radius 2 is 2.09 bits per heavy atom. The van der Waals surface area contributed by atoms with Crippen molar-refractivity contribution < 1.29 is 0 Å². The smallest absolute Gasteiger partial charge is 0.0234 e. The van der Waals surface area contributed by atoms with E-state index in [-0.39, 0.29) is 0 Å². The number of rotatable bonds is 0. The van der Waals surface area contributed by atoms with Crippen LogP contribution in [0.4, 0.5) is 0 Å². The van der Waals surface area contributed by atoms with Crippen LogP contribution in [0.15, 0.2) is 0 Å². The quantitative estimate of drug-likeness (QED) is 0.517. The molecule has 2 saturated carbocycles. The summed E-state index contributed by atoms with van der Waals surface area (Å²) in [5.41, 5.74) is 5.87. The van der Waals surface area contributed by atoms with Crippen molar-refractivity contribution >= 4 is 0 Å². The highest BCUT2D eigenvalue weighted by Crippen LogP contribution is 2.48. The van der Waals surface area contributed by atoms with Crippen LogP contribution in [0.3, 0.4) is 0 Å². The average molecular weight is 149 g/mol. The average Bonchev–Trinajstić information content (AvgIpc) is 1.97. The van der Waals surface area contributed by atoms with Crippen LogP contribution in [0.25, 0.3) is 0 Å². The third-order valence-electron chi connectivity index (χ3n) is 3.38. The Morgan fingerprint density at radius 3 is 2.82 bits per heavy atom. The second kappa shape index (κ2) is 2.53. The molecule has 11 heavy (non-hydrogen) atoms. The first-order chi connectivity index (χ1) is 5.31. The minimum atomic E-state index is 0.437. The summed E-state index contributed by atoms with van der Waals surface area (Å²) >= 11 is 0. The highest BCUT2D eigenvalue weighted by Gasteiger charge is 2.42. The summed E-state index contributed by atoms with van der Waals surface area (Å²) in [5.74, 6) is 5.14. The molecule has 0 aliphatic heterocycles. The lowest BCUT2D eigenvalue weighted by Gasteiger charge is -2.47. The molecule has 0 spiro atoms. The molecule has 0 heterocycles. The maximum Gasteiger partial charge on any atom is 0.0234 e. The van der Waals surface area contributed by atoms with Gasteiger partial charge in [0.1, 0.15) is 0 Å². The second-order valence-corrected chi connectivity index (χ2v) is 4.01. The predicted octanol–water partition coefficient (Wildman–Crippen LogP) is 1.38. The first-order valence-electron chi connectivity index (χ1n) is 4.53. The third-order valence-corrected chi connectivity index (χ3v) is 3.38. The summed E-state index contributed by atoms with van der Waals surface area (Å²) in [6.07, 6.45) is 10.4. The first kappa shape index (κ1) is 7.18. The van der Waals surface area contributed by atoms with Crippen LogP contribution >= 0.6 is 0 Å². The van der Waals surface area contributed by atoms with E-state index in [2.05, 4.69) is 5.92 Å². The maximum absolute atomic E-state index is 5.87. The zero-order chi connectivity index (χ0) is 7.84. The summed E-state index contributed by atoms with van der Waals surface area (Å²) < 4.78 is 0. The van der Waals surface area contributed by atoms with Gasteiger partial charge < -0.3 is 5.73 Å². The van der Waals surface area contributed by atoms with Crippen molar-refractivity contribution in [2.75, 3.05) is 0 Å². The number of hydrogen-bond donors (Lipinski definition) is 1. The molecule has 2 fully saturated rings. The van der Waals surface area contributed by atoms with Crippen LogP contribution in [0.2, 0.25) is 0 Å². The summed E-state index contributed by atoms with van der Waals surface area (Å²) in [6.45, 7) is 0. The van der Waals surface area contributed by atoms with Crippen LogP contribution in [0, 0.1) is 30.1 Å². The van der Waals surface area contributed by atoms with Crippen LogP contribution in [-0.2, 0) is 0 Å². The van der Waals surface area contributed by atoms with Gasteiger partial charge in [-0.25, -0.2) is 0 Å². The predicted molar refractivity (Wildman–Crippen MR) is 45.7 cm³/mol. The van der Waals surface area contributed by atoms with E-state index in [1.807, 2.05) is 0 Å². The van der Waals surface area contributed by atoms with Gasteiger partial charge in [0, 0.05) is 12.0 Å². The Kier molecular flexibility index (Phi) is 1.65. The second-order valence-electron chi connectivity index (χ2n) is 4.01. The van der Waals surface area contributed by atoms with E-state index in [0.29, 0.717) is 12.0 Å². The van der Waals surface area contributed by atoms with Crippen molar-refractivity contribution in [1.82, 2.24) is 0 Å². The minimum absolute atomic E-state index is 0.437. The van der Waals surface area contributed by atoms with Gasteiger partial charge in [-0.2, -0.15) is 0 Å². The molecule has 2 N–H and O–H groups in total. The SMILES string of the molecule is C#CC1CC2CCC(N)CC12. The lowest BCUT2D eigenvalue weighted by atomic mass is 9.58. The van der Waals surface area contributed by atoms with E-state index in [1.165, 1.54) is 25.7 Å². The van der Waals surface area contributed by atoms with Crippen LogP contribution in [0.1, 0.15) is 25.7 Å². The molecule has 2 aliphatic carbocycles. The Morgan fingerprint density at radius 1 is 1.27 bits per heavy atom. The lowest BCUT2D eigenvalue weighted by molar-refractivity contribution is 0.0568. The van der Waals surface area contributed by atoms with Gasteiger partial charge in [-0.1, -0.05) is 0 Å². The lowest BCUT2D eigenvalue weighted by Crippen LogP contribution is -2.44. The fraction of sp³-hybridized carbons (Fsp3) is 0.800.